The summed E-state index contributed by atoms with van der Waals surface area (Å²) in [7, 11) is 1.89. The van der Waals surface area contributed by atoms with E-state index in [1.54, 1.807) is 6.33 Å². The van der Waals surface area contributed by atoms with Crippen LogP contribution in [0.5, 0.6) is 0 Å². The quantitative estimate of drug-likeness (QED) is 0.392. The third-order valence-corrected chi connectivity index (χ3v) is 4.06. The maximum atomic E-state index is 12.3. The SMILES string of the molecule is CCNC(=NCc1nncn1C)NC1CC(=O)N(c2ccccc2)C1.I. The van der Waals surface area contributed by atoms with E-state index in [1.165, 1.54) is 0 Å². The first-order valence-corrected chi connectivity index (χ1v) is 8.40. The van der Waals surface area contributed by atoms with Crippen LogP contribution in [0.3, 0.4) is 0 Å². The smallest absolute Gasteiger partial charge is 0.229 e. The number of nitrogens with one attached hydrogen (secondary N) is 2. The Bertz CT molecular complexity index is 747. The Morgan fingerprint density at radius 1 is 1.35 bits per heavy atom. The second kappa shape index (κ2) is 9.51. The fraction of sp³-hybridized carbons (Fsp3) is 0.412. The molecule has 2 heterocycles. The van der Waals surface area contributed by atoms with Gasteiger partial charge in [0.25, 0.3) is 0 Å². The molecule has 1 aliphatic heterocycles. The number of benzene rings is 1. The van der Waals surface area contributed by atoms with Gasteiger partial charge >= 0.3 is 0 Å². The van der Waals surface area contributed by atoms with Crippen LogP contribution in [0.15, 0.2) is 41.7 Å². The molecule has 8 nitrogen and oxygen atoms in total. The highest BCUT2D eigenvalue weighted by molar-refractivity contribution is 14.0. The summed E-state index contributed by atoms with van der Waals surface area (Å²) in [5.41, 5.74) is 0.929. The summed E-state index contributed by atoms with van der Waals surface area (Å²) in [6, 6.07) is 9.75. The van der Waals surface area contributed by atoms with Crippen LogP contribution in [0.1, 0.15) is 19.2 Å². The second-order valence-corrected chi connectivity index (χ2v) is 5.94. The highest BCUT2D eigenvalue weighted by Crippen LogP contribution is 2.20. The summed E-state index contributed by atoms with van der Waals surface area (Å²) in [5.74, 6) is 1.58. The number of anilines is 1. The van der Waals surface area contributed by atoms with Gasteiger partial charge < -0.3 is 20.1 Å². The third-order valence-electron chi connectivity index (χ3n) is 4.06. The van der Waals surface area contributed by atoms with Crippen LogP contribution in [-0.4, -0.2) is 45.8 Å². The lowest BCUT2D eigenvalue weighted by molar-refractivity contribution is -0.117. The number of rotatable bonds is 5. The molecular weight excluding hydrogens is 445 g/mol. The molecule has 3 rings (SSSR count). The Kier molecular flexibility index (Phi) is 7.37. The number of carbonyl (C=O) groups is 1. The van der Waals surface area contributed by atoms with E-state index in [4.69, 9.17) is 0 Å². The Morgan fingerprint density at radius 3 is 2.77 bits per heavy atom. The van der Waals surface area contributed by atoms with Gasteiger partial charge in [0.15, 0.2) is 11.8 Å². The predicted molar refractivity (Wildman–Crippen MR) is 112 cm³/mol. The van der Waals surface area contributed by atoms with Gasteiger partial charge in [0, 0.05) is 32.2 Å². The van der Waals surface area contributed by atoms with Crippen LogP contribution in [0, 0.1) is 0 Å². The average Bonchev–Trinajstić information content (AvgIpc) is 3.19. The zero-order valence-corrected chi connectivity index (χ0v) is 17.3. The molecule has 140 valence electrons. The number of aliphatic imine (C=N–C) groups is 1. The predicted octanol–water partition coefficient (Wildman–Crippen LogP) is 1.29. The van der Waals surface area contributed by atoms with Gasteiger partial charge in [0.1, 0.15) is 12.9 Å². The molecule has 0 aliphatic carbocycles. The Labute approximate surface area is 170 Å². The molecule has 1 saturated heterocycles. The van der Waals surface area contributed by atoms with Crippen molar-refractivity contribution in [3.8, 4) is 0 Å². The van der Waals surface area contributed by atoms with Gasteiger partial charge in [-0.15, -0.1) is 34.2 Å². The lowest BCUT2D eigenvalue weighted by atomic mass is 10.2. The molecule has 0 spiro atoms. The van der Waals surface area contributed by atoms with Gasteiger partial charge in [-0.25, -0.2) is 4.99 Å². The van der Waals surface area contributed by atoms with E-state index in [2.05, 4.69) is 25.8 Å². The van der Waals surface area contributed by atoms with E-state index in [9.17, 15) is 4.79 Å². The number of halogens is 1. The number of aromatic nitrogens is 3. The molecule has 0 bridgehead atoms. The lowest BCUT2D eigenvalue weighted by Crippen LogP contribution is -2.44. The summed E-state index contributed by atoms with van der Waals surface area (Å²) in [6.07, 6.45) is 2.10. The van der Waals surface area contributed by atoms with Crippen molar-refractivity contribution in [2.45, 2.75) is 25.9 Å². The minimum absolute atomic E-state index is 0. The Morgan fingerprint density at radius 2 is 2.12 bits per heavy atom. The number of para-hydroxylation sites is 1. The molecule has 2 aromatic rings. The zero-order chi connectivity index (χ0) is 17.6. The van der Waals surface area contributed by atoms with E-state index in [-0.39, 0.29) is 35.9 Å². The molecule has 1 aromatic carbocycles. The minimum Gasteiger partial charge on any atom is -0.357 e. The summed E-state index contributed by atoms with van der Waals surface area (Å²) in [4.78, 5) is 18.7. The highest BCUT2D eigenvalue weighted by Gasteiger charge is 2.31. The van der Waals surface area contributed by atoms with Gasteiger partial charge in [0.2, 0.25) is 5.91 Å². The fourth-order valence-corrected chi connectivity index (χ4v) is 2.78. The highest BCUT2D eigenvalue weighted by atomic mass is 127. The van der Waals surface area contributed by atoms with Gasteiger partial charge in [0.05, 0.1) is 6.04 Å². The number of amides is 1. The molecule has 1 fully saturated rings. The lowest BCUT2D eigenvalue weighted by Gasteiger charge is -2.18. The molecule has 9 heteroatoms. The summed E-state index contributed by atoms with van der Waals surface area (Å²) >= 11 is 0. The van der Waals surface area contributed by atoms with Crippen LogP contribution < -0.4 is 15.5 Å². The van der Waals surface area contributed by atoms with E-state index >= 15 is 0 Å². The Balaban J connectivity index is 0.00000243. The molecule has 26 heavy (non-hydrogen) atoms. The third kappa shape index (κ3) is 4.93. The van der Waals surface area contributed by atoms with E-state index < -0.39 is 0 Å². The fourth-order valence-electron chi connectivity index (χ4n) is 2.78. The average molecular weight is 469 g/mol. The first kappa shape index (κ1) is 20.1. The number of aryl methyl sites for hydroxylation is 1. The summed E-state index contributed by atoms with van der Waals surface area (Å²) in [5, 5.41) is 14.4. The first-order valence-electron chi connectivity index (χ1n) is 8.40. The van der Waals surface area contributed by atoms with Crippen molar-refractivity contribution < 1.29 is 4.79 Å². The topological polar surface area (TPSA) is 87.4 Å². The first-order chi connectivity index (χ1) is 12.2. The molecule has 2 N–H and O–H groups in total. The maximum absolute atomic E-state index is 12.3. The summed E-state index contributed by atoms with van der Waals surface area (Å²) in [6.45, 7) is 3.80. The maximum Gasteiger partial charge on any atom is 0.229 e. The molecule has 0 radical (unpaired) electrons. The molecule has 1 unspecified atom stereocenters. The van der Waals surface area contributed by atoms with Gasteiger partial charge in [-0.1, -0.05) is 18.2 Å². The van der Waals surface area contributed by atoms with Crippen LogP contribution in [0.25, 0.3) is 0 Å². The summed E-state index contributed by atoms with van der Waals surface area (Å²) < 4.78 is 1.84. The molecule has 1 aliphatic rings. The van der Waals surface area contributed by atoms with E-state index in [0.717, 1.165) is 18.1 Å². The van der Waals surface area contributed by atoms with Crippen LogP contribution in [0.2, 0.25) is 0 Å². The number of hydrogen-bond donors (Lipinski definition) is 2. The van der Waals surface area contributed by atoms with Crippen molar-refractivity contribution in [1.82, 2.24) is 25.4 Å². The minimum atomic E-state index is 0. The van der Waals surface area contributed by atoms with Crippen LogP contribution in [0.4, 0.5) is 5.69 Å². The zero-order valence-electron chi connectivity index (χ0n) is 14.9. The number of carbonyl (C=O) groups excluding carboxylic acids is 1. The van der Waals surface area contributed by atoms with Crippen molar-refractivity contribution in [2.75, 3.05) is 18.0 Å². The second-order valence-electron chi connectivity index (χ2n) is 5.94. The Hall–Kier alpha value is -2.17. The molecule has 1 amide bonds. The molecule has 1 atom stereocenters. The monoisotopic (exact) mass is 469 g/mol. The van der Waals surface area contributed by atoms with Crippen molar-refractivity contribution in [3.63, 3.8) is 0 Å². The van der Waals surface area contributed by atoms with Crippen molar-refractivity contribution in [2.24, 2.45) is 12.0 Å². The van der Waals surface area contributed by atoms with Crippen molar-refractivity contribution >= 4 is 41.5 Å². The van der Waals surface area contributed by atoms with Crippen molar-refractivity contribution in [3.05, 3.63) is 42.5 Å². The van der Waals surface area contributed by atoms with Gasteiger partial charge in [-0.2, -0.15) is 0 Å². The molecule has 1 aromatic heterocycles. The number of guanidine groups is 1. The standard InChI is InChI=1S/C17H23N7O.HI/c1-3-18-17(19-10-15-22-20-12-23(15)2)21-13-9-16(25)24(11-13)14-7-5-4-6-8-14;/h4-8,12-13H,3,9-11H2,1-2H3,(H2,18,19,21);1H. The number of nitrogens with zero attached hydrogens (tertiary/aromatic N) is 5. The van der Waals surface area contributed by atoms with Crippen molar-refractivity contribution in [1.29, 1.82) is 0 Å². The van der Waals surface area contributed by atoms with E-state index in [0.29, 0.717) is 25.5 Å². The van der Waals surface area contributed by atoms with E-state index in [1.807, 2.05) is 53.8 Å². The molecular formula is C17H24IN7O. The van der Waals surface area contributed by atoms with Crippen LogP contribution >= 0.6 is 24.0 Å². The van der Waals surface area contributed by atoms with Gasteiger partial charge in [-0.3, -0.25) is 4.79 Å². The normalized spacial score (nSPS) is 17.2. The number of hydrogen-bond acceptors (Lipinski definition) is 4. The largest absolute Gasteiger partial charge is 0.357 e. The molecule has 0 saturated carbocycles. The van der Waals surface area contributed by atoms with Gasteiger partial charge in [-0.05, 0) is 19.1 Å². The van der Waals surface area contributed by atoms with Crippen LogP contribution in [-0.2, 0) is 18.4 Å².